The van der Waals surface area contributed by atoms with Crippen LogP contribution in [-0.2, 0) is 5.41 Å². The SMILES string of the molecule is c1ccc(-c2nc(-c3ccccn3)cc(-c3ccc(-c4ccc5c(c4)-c4ccccc4C5(c4ccccc4)c4ccccc4)c4ccccc34)n2)cc1. The highest BCUT2D eigenvalue weighted by Crippen LogP contribution is 2.56. The van der Waals surface area contributed by atoms with Gasteiger partial charge in [0.2, 0.25) is 0 Å². The van der Waals surface area contributed by atoms with Crippen molar-refractivity contribution in [2.24, 2.45) is 0 Å². The fourth-order valence-corrected chi connectivity index (χ4v) is 8.34. The Bertz CT molecular complexity index is 2660. The first-order chi connectivity index (χ1) is 26.3. The summed E-state index contributed by atoms with van der Waals surface area (Å²) in [6.45, 7) is 0. The maximum absolute atomic E-state index is 5.16. The van der Waals surface area contributed by atoms with Crippen LogP contribution in [0.4, 0.5) is 0 Å². The topological polar surface area (TPSA) is 38.7 Å². The lowest BCUT2D eigenvalue weighted by Crippen LogP contribution is -2.28. The average molecular weight is 676 g/mol. The third kappa shape index (κ3) is 5.01. The van der Waals surface area contributed by atoms with Gasteiger partial charge in [-0.1, -0.05) is 170 Å². The largest absolute Gasteiger partial charge is 0.255 e. The summed E-state index contributed by atoms with van der Waals surface area (Å²) < 4.78 is 0. The van der Waals surface area contributed by atoms with Crippen molar-refractivity contribution in [2.45, 2.75) is 5.41 Å². The van der Waals surface area contributed by atoms with Crippen LogP contribution in [0.15, 0.2) is 200 Å². The summed E-state index contributed by atoms with van der Waals surface area (Å²) in [6, 6.07) is 69.2. The number of nitrogens with zero attached hydrogens (tertiary/aromatic N) is 3. The quantitative estimate of drug-likeness (QED) is 0.176. The van der Waals surface area contributed by atoms with Gasteiger partial charge in [0.15, 0.2) is 5.82 Å². The van der Waals surface area contributed by atoms with E-state index in [1.807, 2.05) is 42.6 Å². The van der Waals surface area contributed by atoms with Crippen molar-refractivity contribution in [3.05, 3.63) is 223 Å². The Hall–Kier alpha value is -6.97. The summed E-state index contributed by atoms with van der Waals surface area (Å²) in [5.74, 6) is 0.675. The Balaban J connectivity index is 1.16. The molecule has 0 fully saturated rings. The average Bonchev–Trinajstić information content (AvgIpc) is 3.55. The highest BCUT2D eigenvalue weighted by Gasteiger charge is 2.45. The first-order valence-electron chi connectivity index (χ1n) is 18.0. The fourth-order valence-electron chi connectivity index (χ4n) is 8.34. The maximum Gasteiger partial charge on any atom is 0.160 e. The Morgan fingerprint density at radius 1 is 0.340 bits per heavy atom. The third-order valence-electron chi connectivity index (χ3n) is 10.7. The Morgan fingerprint density at radius 3 is 1.64 bits per heavy atom. The van der Waals surface area contributed by atoms with Crippen LogP contribution in [0.5, 0.6) is 0 Å². The highest BCUT2D eigenvalue weighted by molar-refractivity contribution is 6.05. The van der Waals surface area contributed by atoms with E-state index in [2.05, 4.69) is 163 Å². The van der Waals surface area contributed by atoms with E-state index in [1.54, 1.807) is 0 Å². The monoisotopic (exact) mass is 675 g/mol. The van der Waals surface area contributed by atoms with Gasteiger partial charge in [0.05, 0.1) is 22.5 Å². The number of benzene rings is 7. The molecule has 2 aromatic heterocycles. The molecule has 0 N–H and O–H groups in total. The highest BCUT2D eigenvalue weighted by atomic mass is 14.9. The zero-order valence-corrected chi connectivity index (χ0v) is 28.9. The summed E-state index contributed by atoms with van der Waals surface area (Å²) in [5, 5.41) is 2.31. The van der Waals surface area contributed by atoms with Crippen LogP contribution >= 0.6 is 0 Å². The van der Waals surface area contributed by atoms with Crippen LogP contribution in [0, 0.1) is 0 Å². The van der Waals surface area contributed by atoms with E-state index in [1.165, 1.54) is 49.9 Å². The first kappa shape index (κ1) is 30.8. The molecule has 0 saturated carbocycles. The molecule has 0 spiro atoms. The van der Waals surface area contributed by atoms with Gasteiger partial charge in [-0.15, -0.1) is 0 Å². The van der Waals surface area contributed by atoms with Gasteiger partial charge in [-0.25, -0.2) is 9.97 Å². The molecule has 0 unspecified atom stereocenters. The number of pyridine rings is 1. The summed E-state index contributed by atoms with van der Waals surface area (Å²) in [4.78, 5) is 14.8. The van der Waals surface area contributed by atoms with Crippen LogP contribution < -0.4 is 0 Å². The van der Waals surface area contributed by atoms with Gasteiger partial charge in [-0.2, -0.15) is 0 Å². The van der Waals surface area contributed by atoms with Gasteiger partial charge in [0.25, 0.3) is 0 Å². The molecule has 3 heteroatoms. The minimum absolute atomic E-state index is 0.423. The van der Waals surface area contributed by atoms with Crippen molar-refractivity contribution in [1.29, 1.82) is 0 Å². The van der Waals surface area contributed by atoms with Crippen molar-refractivity contribution in [2.75, 3.05) is 0 Å². The zero-order chi connectivity index (χ0) is 35.2. The molecule has 1 aliphatic carbocycles. The Kier molecular flexibility index (Phi) is 7.36. The summed E-state index contributed by atoms with van der Waals surface area (Å²) in [6.07, 6.45) is 1.81. The second-order valence-electron chi connectivity index (χ2n) is 13.5. The molecule has 10 rings (SSSR count). The number of hydrogen-bond donors (Lipinski definition) is 0. The van der Waals surface area contributed by atoms with Crippen molar-refractivity contribution in [3.8, 4) is 56.3 Å². The number of fused-ring (bicyclic) bond motifs is 4. The molecule has 0 atom stereocenters. The first-order valence-corrected chi connectivity index (χ1v) is 18.0. The molecular weight excluding hydrogens is 643 g/mol. The van der Waals surface area contributed by atoms with E-state index < -0.39 is 5.41 Å². The van der Waals surface area contributed by atoms with Gasteiger partial charge in [-0.05, 0) is 79.5 Å². The van der Waals surface area contributed by atoms with E-state index in [0.717, 1.165) is 33.6 Å². The van der Waals surface area contributed by atoms with Crippen LogP contribution in [-0.4, -0.2) is 15.0 Å². The molecular formula is C50H33N3. The summed E-state index contributed by atoms with van der Waals surface area (Å²) in [5.41, 5.74) is 14.1. The van der Waals surface area contributed by atoms with Crippen molar-refractivity contribution in [1.82, 2.24) is 15.0 Å². The van der Waals surface area contributed by atoms with Crippen LogP contribution in [0.25, 0.3) is 67.1 Å². The predicted octanol–water partition coefficient (Wildman–Crippen LogP) is 12.1. The lowest BCUT2D eigenvalue weighted by atomic mass is 9.67. The Morgan fingerprint density at radius 2 is 0.925 bits per heavy atom. The molecule has 0 saturated heterocycles. The lowest BCUT2D eigenvalue weighted by Gasteiger charge is -2.33. The second-order valence-corrected chi connectivity index (χ2v) is 13.5. The van der Waals surface area contributed by atoms with Crippen molar-refractivity contribution < 1.29 is 0 Å². The van der Waals surface area contributed by atoms with Gasteiger partial charge < -0.3 is 0 Å². The minimum Gasteiger partial charge on any atom is -0.255 e. The number of aromatic nitrogens is 3. The zero-order valence-electron chi connectivity index (χ0n) is 28.9. The molecule has 9 aromatic rings. The van der Waals surface area contributed by atoms with E-state index in [0.29, 0.717) is 5.82 Å². The molecule has 2 heterocycles. The molecule has 248 valence electrons. The molecule has 0 radical (unpaired) electrons. The molecule has 53 heavy (non-hydrogen) atoms. The second kappa shape index (κ2) is 12.7. The van der Waals surface area contributed by atoms with Crippen molar-refractivity contribution in [3.63, 3.8) is 0 Å². The van der Waals surface area contributed by atoms with E-state index in [9.17, 15) is 0 Å². The molecule has 3 nitrogen and oxygen atoms in total. The standard InChI is InChI=1S/C50H33N3/c1-4-16-34(17-5-1)49-52-47(33-48(53-49)46-26-14-15-31-51-46)42-29-28-38(39-22-10-11-23-40(39)42)35-27-30-45-43(32-35)41-24-12-13-25-44(41)50(45,36-18-6-2-7-19-36)37-20-8-3-9-21-37/h1-33H. The lowest BCUT2D eigenvalue weighted by molar-refractivity contribution is 0.768. The van der Waals surface area contributed by atoms with E-state index in [4.69, 9.17) is 9.97 Å². The van der Waals surface area contributed by atoms with Crippen LogP contribution in [0.3, 0.4) is 0 Å². The molecule has 0 amide bonds. The predicted molar refractivity (Wildman–Crippen MR) is 216 cm³/mol. The normalized spacial score (nSPS) is 12.7. The number of hydrogen-bond acceptors (Lipinski definition) is 3. The third-order valence-corrected chi connectivity index (χ3v) is 10.7. The minimum atomic E-state index is -0.423. The molecule has 7 aromatic carbocycles. The van der Waals surface area contributed by atoms with Gasteiger partial charge >= 0.3 is 0 Å². The van der Waals surface area contributed by atoms with E-state index >= 15 is 0 Å². The molecule has 0 bridgehead atoms. The smallest absolute Gasteiger partial charge is 0.160 e. The van der Waals surface area contributed by atoms with Gasteiger partial charge in [0.1, 0.15) is 0 Å². The number of rotatable bonds is 6. The Labute approximate surface area is 309 Å². The van der Waals surface area contributed by atoms with Crippen LogP contribution in [0.1, 0.15) is 22.3 Å². The fraction of sp³-hybridized carbons (Fsp3) is 0.0200. The molecule has 1 aliphatic rings. The van der Waals surface area contributed by atoms with Gasteiger partial charge in [-0.3, -0.25) is 4.98 Å². The van der Waals surface area contributed by atoms with Crippen molar-refractivity contribution >= 4 is 10.8 Å². The molecule has 0 aliphatic heterocycles. The van der Waals surface area contributed by atoms with E-state index in [-0.39, 0.29) is 0 Å². The van der Waals surface area contributed by atoms with Gasteiger partial charge in [0, 0.05) is 17.3 Å². The van der Waals surface area contributed by atoms with Crippen LogP contribution in [0.2, 0.25) is 0 Å². The summed E-state index contributed by atoms with van der Waals surface area (Å²) >= 11 is 0. The maximum atomic E-state index is 5.16. The summed E-state index contributed by atoms with van der Waals surface area (Å²) in [7, 11) is 0.